The Bertz CT molecular complexity index is 1340. The predicted molar refractivity (Wildman–Crippen MR) is 129 cm³/mol. The van der Waals surface area contributed by atoms with Gasteiger partial charge < -0.3 is 15.5 Å². The number of hydrogen-bond donors (Lipinski definition) is 2. The smallest absolute Gasteiger partial charge is 0.247 e. The van der Waals surface area contributed by atoms with Crippen molar-refractivity contribution in [3.8, 4) is 5.69 Å². The number of anilines is 4. The van der Waals surface area contributed by atoms with Gasteiger partial charge in [0.2, 0.25) is 11.9 Å². The van der Waals surface area contributed by atoms with E-state index in [0.29, 0.717) is 23.2 Å². The molecule has 3 aromatic heterocycles. The Labute approximate surface area is 191 Å². The van der Waals surface area contributed by atoms with Gasteiger partial charge in [0.05, 0.1) is 23.8 Å². The molecule has 166 valence electrons. The average molecular weight is 441 g/mol. The average Bonchev–Trinajstić information content (AvgIpc) is 3.60. The topological polar surface area (TPSA) is 101 Å². The van der Waals surface area contributed by atoms with Crippen LogP contribution >= 0.6 is 0 Å². The van der Waals surface area contributed by atoms with Gasteiger partial charge in [-0.05, 0) is 49.2 Å². The molecule has 1 saturated carbocycles. The lowest BCUT2D eigenvalue weighted by Gasteiger charge is -2.12. The Morgan fingerprint density at radius 3 is 2.67 bits per heavy atom. The number of nitrogens with zero attached hydrogens (tertiary/aromatic N) is 6. The van der Waals surface area contributed by atoms with E-state index >= 15 is 0 Å². The normalized spacial score (nSPS) is 13.0. The van der Waals surface area contributed by atoms with Crippen molar-refractivity contribution in [2.24, 2.45) is 0 Å². The fourth-order valence-corrected chi connectivity index (χ4v) is 3.59. The van der Waals surface area contributed by atoms with Crippen LogP contribution in [0, 0.1) is 0 Å². The number of carbonyl (C=O) groups excluding carboxylic acids is 1. The molecule has 0 spiro atoms. The third kappa shape index (κ3) is 4.25. The second-order valence-electron chi connectivity index (χ2n) is 8.15. The van der Waals surface area contributed by atoms with Gasteiger partial charge in [-0.1, -0.05) is 12.6 Å². The Kier molecular flexibility index (Phi) is 5.21. The first kappa shape index (κ1) is 20.6. The van der Waals surface area contributed by atoms with E-state index in [4.69, 9.17) is 9.97 Å². The third-order valence-electron chi connectivity index (χ3n) is 5.39. The van der Waals surface area contributed by atoms with Gasteiger partial charge >= 0.3 is 0 Å². The van der Waals surface area contributed by atoms with Gasteiger partial charge in [0.15, 0.2) is 5.65 Å². The molecule has 0 saturated heterocycles. The molecule has 1 aromatic carbocycles. The second-order valence-corrected chi connectivity index (χ2v) is 8.15. The predicted octanol–water partition coefficient (Wildman–Crippen LogP) is 4.02. The van der Waals surface area contributed by atoms with Gasteiger partial charge in [-0.25, -0.2) is 15.0 Å². The molecular formula is C24H24N8O. The number of pyridine rings is 1. The summed E-state index contributed by atoms with van der Waals surface area (Å²) < 4.78 is 2.05. The molecule has 4 aromatic rings. The molecule has 0 radical (unpaired) electrons. The maximum absolute atomic E-state index is 11.8. The summed E-state index contributed by atoms with van der Waals surface area (Å²) in [6.45, 7) is 3.52. The van der Waals surface area contributed by atoms with E-state index in [2.05, 4.69) is 31.7 Å². The van der Waals surface area contributed by atoms with E-state index in [1.165, 1.54) is 6.08 Å². The molecular weight excluding hydrogens is 416 g/mol. The molecule has 2 N–H and O–H groups in total. The summed E-state index contributed by atoms with van der Waals surface area (Å²) in [4.78, 5) is 32.2. The van der Waals surface area contributed by atoms with Crippen LogP contribution in [0.15, 0.2) is 61.4 Å². The van der Waals surface area contributed by atoms with Crippen LogP contribution in [0.2, 0.25) is 0 Å². The molecule has 1 fully saturated rings. The number of rotatable bonds is 7. The second kappa shape index (κ2) is 8.34. The minimum atomic E-state index is -0.257. The van der Waals surface area contributed by atoms with E-state index in [1.807, 2.05) is 55.4 Å². The lowest BCUT2D eigenvalue weighted by molar-refractivity contribution is -0.111. The van der Waals surface area contributed by atoms with Crippen LogP contribution in [0.5, 0.6) is 0 Å². The van der Waals surface area contributed by atoms with E-state index in [0.717, 1.165) is 41.4 Å². The molecule has 0 atom stereocenters. The van der Waals surface area contributed by atoms with Crippen molar-refractivity contribution in [3.63, 3.8) is 0 Å². The van der Waals surface area contributed by atoms with Crippen molar-refractivity contribution in [1.29, 1.82) is 0 Å². The largest absolute Gasteiger partial charge is 0.363 e. The molecule has 1 amide bonds. The molecule has 9 heteroatoms. The first-order chi connectivity index (χ1) is 16.0. The summed E-state index contributed by atoms with van der Waals surface area (Å²) >= 11 is 0. The van der Waals surface area contributed by atoms with Crippen LogP contribution in [-0.4, -0.2) is 44.5 Å². The van der Waals surface area contributed by atoms with E-state index < -0.39 is 0 Å². The quantitative estimate of drug-likeness (QED) is 0.419. The molecule has 1 aliphatic carbocycles. The molecule has 33 heavy (non-hydrogen) atoms. The molecule has 5 rings (SSSR count). The number of fused-ring (bicyclic) bond motifs is 1. The van der Waals surface area contributed by atoms with Gasteiger partial charge in [0.25, 0.3) is 0 Å². The van der Waals surface area contributed by atoms with Crippen molar-refractivity contribution < 1.29 is 4.79 Å². The minimum absolute atomic E-state index is 0.257. The highest BCUT2D eigenvalue weighted by Gasteiger charge is 2.31. The van der Waals surface area contributed by atoms with E-state index in [-0.39, 0.29) is 5.91 Å². The Morgan fingerprint density at radius 1 is 1.12 bits per heavy atom. The third-order valence-corrected chi connectivity index (χ3v) is 5.39. The van der Waals surface area contributed by atoms with Crippen molar-refractivity contribution in [3.05, 3.63) is 67.3 Å². The monoisotopic (exact) mass is 440 g/mol. The maximum atomic E-state index is 11.8. The number of amides is 1. The van der Waals surface area contributed by atoms with Crippen molar-refractivity contribution >= 4 is 40.2 Å². The van der Waals surface area contributed by atoms with Gasteiger partial charge in [0, 0.05) is 25.7 Å². The summed E-state index contributed by atoms with van der Waals surface area (Å²) in [7, 11) is 3.89. The molecule has 0 aliphatic heterocycles. The first-order valence-electron chi connectivity index (χ1n) is 10.7. The standard InChI is InChI=1S/C24H24N8O/c1-4-21(33)27-16-6-5-7-18(12-16)32-22(15-8-9-15)29-19-14-26-24(30-23(19)32)28-17-10-11-20(25-13-17)31(2)3/h4-7,10-15H,1,8-9H2,2-3H3,(H,27,33)(H,26,28,30). The summed E-state index contributed by atoms with van der Waals surface area (Å²) in [5.74, 6) is 2.42. The Hall–Kier alpha value is -4.27. The zero-order chi connectivity index (χ0) is 22.9. The fraction of sp³-hybridized carbons (Fsp3) is 0.208. The summed E-state index contributed by atoms with van der Waals surface area (Å²) in [5.41, 5.74) is 3.79. The molecule has 0 unspecified atom stereocenters. The van der Waals surface area contributed by atoms with Crippen LogP contribution in [0.1, 0.15) is 24.6 Å². The van der Waals surface area contributed by atoms with Crippen LogP contribution in [0.4, 0.5) is 23.1 Å². The lowest BCUT2D eigenvalue weighted by Crippen LogP contribution is -2.10. The lowest BCUT2D eigenvalue weighted by atomic mass is 10.2. The number of carbonyl (C=O) groups is 1. The first-order valence-corrected chi connectivity index (χ1v) is 10.7. The number of aromatic nitrogens is 5. The SMILES string of the molecule is C=CC(=O)Nc1cccc(-n2c(C3CC3)nc3cnc(Nc4ccc(N(C)C)nc4)nc32)c1. The minimum Gasteiger partial charge on any atom is -0.363 e. The van der Waals surface area contributed by atoms with Gasteiger partial charge in [-0.15, -0.1) is 0 Å². The highest BCUT2D eigenvalue weighted by atomic mass is 16.1. The summed E-state index contributed by atoms with van der Waals surface area (Å²) in [6.07, 6.45) is 6.93. The van der Waals surface area contributed by atoms with Gasteiger partial charge in [0.1, 0.15) is 17.2 Å². The van der Waals surface area contributed by atoms with Crippen molar-refractivity contribution in [2.75, 3.05) is 29.6 Å². The molecule has 1 aliphatic rings. The fourth-order valence-electron chi connectivity index (χ4n) is 3.59. The molecule has 3 heterocycles. The van der Waals surface area contributed by atoms with Crippen LogP contribution in [0.3, 0.4) is 0 Å². The van der Waals surface area contributed by atoms with Crippen molar-refractivity contribution in [2.45, 2.75) is 18.8 Å². The number of imidazole rings is 1. The molecule has 9 nitrogen and oxygen atoms in total. The zero-order valence-electron chi connectivity index (χ0n) is 18.5. The van der Waals surface area contributed by atoms with Gasteiger partial charge in [-0.3, -0.25) is 9.36 Å². The summed E-state index contributed by atoms with van der Waals surface area (Å²) in [6, 6.07) is 11.5. The maximum Gasteiger partial charge on any atom is 0.247 e. The highest BCUT2D eigenvalue weighted by molar-refractivity contribution is 5.99. The number of hydrogen-bond acceptors (Lipinski definition) is 7. The van der Waals surface area contributed by atoms with Crippen molar-refractivity contribution in [1.82, 2.24) is 24.5 Å². The highest BCUT2D eigenvalue weighted by Crippen LogP contribution is 2.41. The Balaban J connectivity index is 1.54. The summed E-state index contributed by atoms with van der Waals surface area (Å²) in [5, 5.41) is 6.04. The number of benzene rings is 1. The van der Waals surface area contributed by atoms with Crippen LogP contribution < -0.4 is 15.5 Å². The number of nitrogens with one attached hydrogen (secondary N) is 2. The Morgan fingerprint density at radius 2 is 1.97 bits per heavy atom. The zero-order valence-corrected chi connectivity index (χ0v) is 18.5. The molecule has 0 bridgehead atoms. The van der Waals surface area contributed by atoms with Gasteiger partial charge in [-0.2, -0.15) is 4.98 Å². The van der Waals surface area contributed by atoms with E-state index in [1.54, 1.807) is 12.4 Å². The van der Waals surface area contributed by atoms with E-state index in [9.17, 15) is 4.79 Å². The van der Waals surface area contributed by atoms with Crippen LogP contribution in [0.25, 0.3) is 16.9 Å². The van der Waals surface area contributed by atoms with Crippen LogP contribution in [-0.2, 0) is 4.79 Å².